The van der Waals surface area contributed by atoms with Gasteiger partial charge in [0.1, 0.15) is 23.2 Å². The number of anilines is 2. The highest BCUT2D eigenvalue weighted by Gasteiger charge is 2.33. The van der Waals surface area contributed by atoms with Crippen molar-refractivity contribution in [3.05, 3.63) is 53.2 Å². The lowest BCUT2D eigenvalue weighted by Crippen LogP contribution is -2.47. The summed E-state index contributed by atoms with van der Waals surface area (Å²) in [5.74, 6) is 2.45. The third-order valence-corrected chi connectivity index (χ3v) is 4.99. The van der Waals surface area contributed by atoms with Gasteiger partial charge < -0.3 is 9.80 Å². The van der Waals surface area contributed by atoms with Crippen molar-refractivity contribution in [1.82, 2.24) is 24.7 Å². The van der Waals surface area contributed by atoms with E-state index >= 15 is 0 Å². The zero-order valence-electron chi connectivity index (χ0n) is 17.0. The third-order valence-electron chi connectivity index (χ3n) is 4.99. The molecule has 0 aliphatic carbocycles. The molecule has 1 saturated heterocycles. The molecule has 0 unspecified atom stereocenters. The maximum Gasteiger partial charge on any atom is 0.433 e. The average molecular weight is 417 g/mol. The van der Waals surface area contributed by atoms with Crippen molar-refractivity contribution in [3.8, 4) is 5.82 Å². The maximum absolute atomic E-state index is 13.0. The van der Waals surface area contributed by atoms with Crippen molar-refractivity contribution in [2.24, 2.45) is 0 Å². The second kappa shape index (κ2) is 7.58. The molecule has 1 aliphatic heterocycles. The quantitative estimate of drug-likeness (QED) is 0.652. The first kappa shape index (κ1) is 20.1. The fraction of sp³-hybridized carbons (Fsp3) is 0.400. The monoisotopic (exact) mass is 417 g/mol. The number of aromatic nitrogens is 5. The zero-order chi connectivity index (χ0) is 21.5. The van der Waals surface area contributed by atoms with Gasteiger partial charge >= 0.3 is 6.18 Å². The van der Waals surface area contributed by atoms with Gasteiger partial charge in [0.2, 0.25) is 0 Å². The number of hydrogen-bond acceptors (Lipinski definition) is 6. The van der Waals surface area contributed by atoms with Crippen LogP contribution in [0.15, 0.2) is 30.3 Å². The van der Waals surface area contributed by atoms with Crippen molar-refractivity contribution in [2.45, 2.75) is 26.9 Å². The van der Waals surface area contributed by atoms with Gasteiger partial charge in [-0.3, -0.25) is 0 Å². The van der Waals surface area contributed by atoms with E-state index in [0.717, 1.165) is 23.3 Å². The summed E-state index contributed by atoms with van der Waals surface area (Å²) in [5.41, 5.74) is 1.02. The van der Waals surface area contributed by atoms with E-state index in [1.54, 1.807) is 10.7 Å². The van der Waals surface area contributed by atoms with Gasteiger partial charge in [0, 0.05) is 37.9 Å². The molecule has 1 fully saturated rings. The minimum atomic E-state index is -4.45. The Kier molecular flexibility index (Phi) is 5.08. The van der Waals surface area contributed by atoms with Crippen LogP contribution in [0.2, 0.25) is 0 Å². The van der Waals surface area contributed by atoms with Gasteiger partial charge in [0.15, 0.2) is 5.82 Å². The molecular weight excluding hydrogens is 395 g/mol. The SMILES string of the molecule is Cc1cc(C)n(-c2cc(N3CCN(c4cccc(C(F)(F)F)n4)CC3)nc(C)n2)n1. The number of hydrogen-bond donors (Lipinski definition) is 0. The van der Waals surface area contributed by atoms with Crippen LogP contribution in [0.1, 0.15) is 22.9 Å². The van der Waals surface area contributed by atoms with Crippen LogP contribution < -0.4 is 9.80 Å². The van der Waals surface area contributed by atoms with Crippen molar-refractivity contribution in [3.63, 3.8) is 0 Å². The highest BCUT2D eigenvalue weighted by molar-refractivity contribution is 5.48. The average Bonchev–Trinajstić information content (AvgIpc) is 3.05. The van der Waals surface area contributed by atoms with Crippen LogP contribution in [0.4, 0.5) is 24.8 Å². The highest BCUT2D eigenvalue weighted by atomic mass is 19.4. The molecule has 30 heavy (non-hydrogen) atoms. The van der Waals surface area contributed by atoms with E-state index in [-0.39, 0.29) is 0 Å². The molecule has 0 aromatic carbocycles. The molecule has 1 aliphatic rings. The number of halogens is 3. The number of alkyl halides is 3. The van der Waals surface area contributed by atoms with Crippen molar-refractivity contribution in [1.29, 1.82) is 0 Å². The number of piperazine rings is 1. The fourth-order valence-electron chi connectivity index (χ4n) is 3.59. The van der Waals surface area contributed by atoms with E-state index in [0.29, 0.717) is 43.6 Å². The summed E-state index contributed by atoms with van der Waals surface area (Å²) in [4.78, 5) is 16.8. The summed E-state index contributed by atoms with van der Waals surface area (Å²) >= 11 is 0. The maximum atomic E-state index is 13.0. The van der Waals surface area contributed by atoms with Crippen LogP contribution in [0.3, 0.4) is 0 Å². The zero-order valence-corrected chi connectivity index (χ0v) is 17.0. The summed E-state index contributed by atoms with van der Waals surface area (Å²) in [6.07, 6.45) is -4.45. The van der Waals surface area contributed by atoms with E-state index in [2.05, 4.69) is 25.0 Å². The Morgan fingerprint density at radius 2 is 1.43 bits per heavy atom. The number of nitrogens with zero attached hydrogens (tertiary/aromatic N) is 7. The van der Waals surface area contributed by atoms with Crippen LogP contribution in [-0.4, -0.2) is 50.9 Å². The lowest BCUT2D eigenvalue weighted by atomic mass is 10.2. The molecule has 0 saturated carbocycles. The third kappa shape index (κ3) is 4.07. The van der Waals surface area contributed by atoms with Gasteiger partial charge in [-0.25, -0.2) is 19.6 Å². The molecule has 3 aromatic heterocycles. The fourth-order valence-corrected chi connectivity index (χ4v) is 3.59. The summed E-state index contributed by atoms with van der Waals surface area (Å²) in [5, 5.41) is 4.49. The van der Waals surface area contributed by atoms with Gasteiger partial charge in [0.05, 0.1) is 5.69 Å². The summed E-state index contributed by atoms with van der Waals surface area (Å²) in [6.45, 7) is 8.06. The highest BCUT2D eigenvalue weighted by Crippen LogP contribution is 2.29. The molecule has 4 rings (SSSR count). The number of rotatable bonds is 3. The van der Waals surface area contributed by atoms with E-state index < -0.39 is 11.9 Å². The topological polar surface area (TPSA) is 63.0 Å². The van der Waals surface area contributed by atoms with E-state index in [1.807, 2.05) is 37.8 Å². The van der Waals surface area contributed by atoms with Crippen LogP contribution in [0.25, 0.3) is 5.82 Å². The molecule has 0 bridgehead atoms. The summed E-state index contributed by atoms with van der Waals surface area (Å²) in [6, 6.07) is 7.87. The molecule has 0 amide bonds. The molecule has 0 spiro atoms. The van der Waals surface area contributed by atoms with Crippen molar-refractivity contribution >= 4 is 11.6 Å². The van der Waals surface area contributed by atoms with Crippen molar-refractivity contribution < 1.29 is 13.2 Å². The summed E-state index contributed by atoms with van der Waals surface area (Å²) in [7, 11) is 0. The van der Waals surface area contributed by atoms with Crippen LogP contribution in [0, 0.1) is 20.8 Å². The van der Waals surface area contributed by atoms with Gasteiger partial charge in [-0.05, 0) is 39.0 Å². The predicted octanol–water partition coefficient (Wildman–Crippen LogP) is 3.33. The lowest BCUT2D eigenvalue weighted by Gasteiger charge is -2.36. The van der Waals surface area contributed by atoms with Crippen LogP contribution in [0.5, 0.6) is 0 Å². The van der Waals surface area contributed by atoms with Crippen LogP contribution in [-0.2, 0) is 6.18 Å². The van der Waals surface area contributed by atoms with Gasteiger partial charge in [0.25, 0.3) is 0 Å². The molecule has 3 aromatic rings. The Bertz CT molecular complexity index is 1050. The van der Waals surface area contributed by atoms with E-state index in [1.165, 1.54) is 6.07 Å². The van der Waals surface area contributed by atoms with Gasteiger partial charge in [-0.2, -0.15) is 18.3 Å². The van der Waals surface area contributed by atoms with Crippen molar-refractivity contribution in [2.75, 3.05) is 36.0 Å². The van der Waals surface area contributed by atoms with E-state index in [4.69, 9.17) is 0 Å². The molecule has 158 valence electrons. The number of pyridine rings is 1. The predicted molar refractivity (Wildman–Crippen MR) is 107 cm³/mol. The molecule has 0 radical (unpaired) electrons. The van der Waals surface area contributed by atoms with Gasteiger partial charge in [-0.1, -0.05) is 6.07 Å². The molecule has 0 N–H and O–H groups in total. The van der Waals surface area contributed by atoms with Gasteiger partial charge in [-0.15, -0.1) is 0 Å². The normalized spacial score (nSPS) is 15.0. The second-order valence-corrected chi connectivity index (χ2v) is 7.32. The first-order valence-electron chi connectivity index (χ1n) is 9.64. The lowest BCUT2D eigenvalue weighted by molar-refractivity contribution is -0.141. The largest absolute Gasteiger partial charge is 0.433 e. The minimum absolute atomic E-state index is 0.340. The van der Waals surface area contributed by atoms with Crippen LogP contribution >= 0.6 is 0 Å². The van der Waals surface area contributed by atoms with E-state index in [9.17, 15) is 13.2 Å². The molecule has 0 atom stereocenters. The first-order chi connectivity index (χ1) is 14.2. The Morgan fingerprint density at radius 1 is 0.800 bits per heavy atom. The Labute approximate surface area is 172 Å². The standard InChI is InChI=1S/C20H22F3N7/c1-13-11-14(2)30(27-13)19-12-18(24-15(3)25-19)29-9-7-28(8-10-29)17-6-4-5-16(26-17)20(21,22)23/h4-6,11-12H,7-10H2,1-3H3. The molecule has 7 nitrogen and oxygen atoms in total. The second-order valence-electron chi connectivity index (χ2n) is 7.32. The number of aryl methyl sites for hydroxylation is 3. The molecular formula is C20H22F3N7. The first-order valence-corrected chi connectivity index (χ1v) is 9.64. The molecule has 10 heteroatoms. The molecule has 4 heterocycles. The minimum Gasteiger partial charge on any atom is -0.353 e. The smallest absolute Gasteiger partial charge is 0.353 e. The Balaban J connectivity index is 1.52. The summed E-state index contributed by atoms with van der Waals surface area (Å²) < 4.78 is 40.6. The Morgan fingerprint density at radius 3 is 2.03 bits per heavy atom. The Hall–Kier alpha value is -3.17.